The van der Waals surface area contributed by atoms with Crippen LogP contribution in [0.4, 0.5) is 0 Å². The number of carbonyl (C=O) groups is 3. The number of aromatic nitrogens is 2. The second-order valence-corrected chi connectivity index (χ2v) is 15.0. The number of amides is 1. The second-order valence-electron chi connectivity index (χ2n) is 9.08. The van der Waals surface area contributed by atoms with Gasteiger partial charge in [0.1, 0.15) is 0 Å². The van der Waals surface area contributed by atoms with Gasteiger partial charge in [-0.1, -0.05) is 0 Å². The van der Waals surface area contributed by atoms with E-state index in [2.05, 4.69) is 11.1 Å². The average molecular weight is 697 g/mol. The molecule has 2 unspecified atom stereocenters. The third kappa shape index (κ3) is 11.5. The van der Waals surface area contributed by atoms with E-state index in [9.17, 15) is 27.9 Å². The maximum absolute atomic E-state index is 12.4. The first kappa shape index (κ1) is 35.6. The van der Waals surface area contributed by atoms with Crippen molar-refractivity contribution in [2.75, 3.05) is 12.8 Å². The van der Waals surface area contributed by atoms with Crippen molar-refractivity contribution >= 4 is 57.9 Å². The number of carboxylic acid groups (broad SMARTS) is 1. The summed E-state index contributed by atoms with van der Waals surface area (Å²) < 4.78 is 25.1. The summed E-state index contributed by atoms with van der Waals surface area (Å²) in [5.74, 6) is -1.80. The fraction of sp³-hybridized carbons (Fsp3) is 0.296. The number of quaternary nitrogens is 1. The molecule has 0 aliphatic heterocycles. The normalized spacial score (nSPS) is 12.3. The van der Waals surface area contributed by atoms with Crippen molar-refractivity contribution in [1.29, 1.82) is 0 Å². The van der Waals surface area contributed by atoms with Gasteiger partial charge >= 0.3 is 249 Å². The molecular weight excluding hydrogens is 665 g/mol. The molecule has 230 valence electrons. The predicted molar refractivity (Wildman–Crippen MR) is 155 cm³/mol. The molecule has 1 heterocycles. The molecule has 3 rings (SSSR count). The number of primary sulfonamides is 1. The Hall–Kier alpha value is -3.62. The van der Waals surface area contributed by atoms with Crippen LogP contribution < -0.4 is 21.3 Å². The minimum Gasteiger partial charge on any atom is -0.186 e. The molecule has 0 spiro atoms. The van der Waals surface area contributed by atoms with Crippen LogP contribution in [0.5, 0.6) is 0 Å². The van der Waals surface area contributed by atoms with Gasteiger partial charge in [-0.05, 0) is 0 Å². The van der Waals surface area contributed by atoms with Crippen molar-refractivity contribution in [2.24, 2.45) is 11.1 Å². The molecule has 0 saturated carbocycles. The van der Waals surface area contributed by atoms with E-state index < -0.39 is 28.0 Å². The Balaban J connectivity index is 0.00000206. The molecule has 0 aliphatic rings. The second kappa shape index (κ2) is 17.5. The van der Waals surface area contributed by atoms with E-state index in [0.717, 1.165) is 17.0 Å². The van der Waals surface area contributed by atoms with Crippen molar-refractivity contribution in [3.05, 3.63) is 66.4 Å². The topological polar surface area (TPSA) is 226 Å². The first-order chi connectivity index (χ1) is 20.4. The molecule has 43 heavy (non-hydrogen) atoms. The summed E-state index contributed by atoms with van der Waals surface area (Å²) in [7, 11) is -0.711. The Morgan fingerprint density at radius 2 is 1.77 bits per heavy atom. The fourth-order valence-corrected chi connectivity index (χ4v) is 8.25. The van der Waals surface area contributed by atoms with Crippen LogP contribution in [0, 0.1) is 5.92 Å². The number of benzene rings is 2. The van der Waals surface area contributed by atoms with Gasteiger partial charge in [-0.25, -0.2) is 0 Å². The number of ketones is 1. The van der Waals surface area contributed by atoms with Gasteiger partial charge < -0.3 is 0 Å². The van der Waals surface area contributed by atoms with Crippen LogP contribution >= 0.6 is 10.2 Å². The maximum atomic E-state index is 12.4. The van der Waals surface area contributed by atoms with Crippen molar-refractivity contribution < 1.29 is 43.2 Å². The van der Waals surface area contributed by atoms with E-state index in [0.29, 0.717) is 16.8 Å². The molecule has 16 heteroatoms. The maximum Gasteiger partial charge on any atom is 0.373 e. The average Bonchev–Trinajstić information content (AvgIpc) is 3.41. The Labute approximate surface area is 258 Å². The minimum absolute atomic E-state index is 0.00730. The van der Waals surface area contributed by atoms with Gasteiger partial charge in [0.15, 0.2) is 0 Å². The number of nitrogens with zero attached hydrogens (tertiary/aromatic N) is 2. The SMILES string of the molecule is CNC(=O)C(CS[Se]Cc1cc(-c2ccccc2)n(-c2ccc(S(N)(=O)=O)cc2)n1)CC(=O)CCC([NH3+])C(=O)[O-].O=C=O. The number of rotatable bonds is 15. The molecule has 3 aromatic rings. The van der Waals surface area contributed by atoms with Crippen LogP contribution in [0.2, 0.25) is 0 Å². The summed E-state index contributed by atoms with van der Waals surface area (Å²) in [5, 5.41) is 24.1. The standard InChI is InChI=1S/C26H31N5O6S2Se.CO2/c1-29-25(33)18(13-21(32)9-12-23(27)26(34)35)15-38-40-16-19-14-24(17-5-3-2-4-6-17)31(30-19)20-7-10-22(11-8-20)39(28,36)37;2-1-3/h2-8,10-11,14,18,23H,9,12-13,15-16,27H2,1H3,(H,29,33)(H,34,35)(H2,28,36,37);. The Morgan fingerprint density at radius 1 is 1.14 bits per heavy atom. The molecule has 0 saturated heterocycles. The van der Waals surface area contributed by atoms with E-state index >= 15 is 0 Å². The van der Waals surface area contributed by atoms with Gasteiger partial charge in [0.25, 0.3) is 0 Å². The summed E-state index contributed by atoms with van der Waals surface area (Å²) in [6.07, 6.45) is 0.392. The van der Waals surface area contributed by atoms with Crippen molar-refractivity contribution in [1.82, 2.24) is 15.1 Å². The summed E-state index contributed by atoms with van der Waals surface area (Å²) in [6, 6.07) is 16.9. The number of nitrogens with two attached hydrogens (primary N) is 1. The molecule has 0 aliphatic carbocycles. The molecule has 0 bridgehead atoms. The number of carboxylic acids is 1. The van der Waals surface area contributed by atoms with Crippen LogP contribution in [0.1, 0.15) is 25.0 Å². The molecule has 6 N–H and O–H groups in total. The van der Waals surface area contributed by atoms with Gasteiger partial charge in [-0.2, -0.15) is 9.59 Å². The Kier molecular flexibility index (Phi) is 14.5. The van der Waals surface area contributed by atoms with Crippen LogP contribution in [0.15, 0.2) is 65.6 Å². The molecular formula is C27H31N5O8S2Se. The third-order valence-corrected chi connectivity index (χ3v) is 11.0. The van der Waals surface area contributed by atoms with E-state index in [1.165, 1.54) is 19.2 Å². The zero-order valence-electron chi connectivity index (χ0n) is 23.1. The molecule has 0 fully saturated rings. The number of carbonyl (C=O) groups excluding carboxylic acids is 5. The van der Waals surface area contributed by atoms with Gasteiger partial charge in [-0.3, -0.25) is 0 Å². The minimum atomic E-state index is -3.82. The first-order valence-corrected chi connectivity index (χ1v) is 18.5. The van der Waals surface area contributed by atoms with Crippen LogP contribution in [-0.4, -0.2) is 74.7 Å². The quantitative estimate of drug-likeness (QED) is 0.129. The predicted octanol–water partition coefficient (Wildman–Crippen LogP) is -1.08. The van der Waals surface area contributed by atoms with E-state index in [1.807, 2.05) is 36.4 Å². The van der Waals surface area contributed by atoms with Gasteiger partial charge in [-0.15, -0.1) is 0 Å². The number of sulfonamides is 1. The summed E-state index contributed by atoms with van der Waals surface area (Å²) in [5.41, 5.74) is 6.75. The van der Waals surface area contributed by atoms with E-state index in [4.69, 9.17) is 19.8 Å². The van der Waals surface area contributed by atoms with Crippen molar-refractivity contribution in [3.8, 4) is 16.9 Å². The Bertz CT molecular complexity index is 1530. The van der Waals surface area contributed by atoms with Crippen molar-refractivity contribution in [3.63, 3.8) is 0 Å². The number of nitrogens with one attached hydrogen (secondary N) is 1. The van der Waals surface area contributed by atoms with Crippen molar-refractivity contribution in [2.45, 2.75) is 35.5 Å². The number of hydrogen-bond acceptors (Lipinski definition) is 10. The molecule has 1 amide bonds. The van der Waals surface area contributed by atoms with Crippen LogP contribution in [-0.2, 0) is 39.3 Å². The van der Waals surface area contributed by atoms with E-state index in [-0.39, 0.29) is 55.8 Å². The van der Waals surface area contributed by atoms with Gasteiger partial charge in [0, 0.05) is 0 Å². The zero-order chi connectivity index (χ0) is 32.0. The summed E-state index contributed by atoms with van der Waals surface area (Å²) in [4.78, 5) is 51.8. The molecule has 13 nitrogen and oxygen atoms in total. The zero-order valence-corrected chi connectivity index (χ0v) is 26.5. The number of Topliss-reactive ketones (excluding diaryl/α,β-unsaturated/α-hetero) is 1. The monoisotopic (exact) mass is 697 g/mol. The smallest absolute Gasteiger partial charge is 0.186 e. The number of aliphatic carboxylic acids is 1. The summed E-state index contributed by atoms with van der Waals surface area (Å²) in [6.45, 7) is 0. The van der Waals surface area contributed by atoms with Gasteiger partial charge in [0.2, 0.25) is 0 Å². The molecule has 1 aromatic heterocycles. The molecule has 2 atom stereocenters. The van der Waals surface area contributed by atoms with Crippen LogP contribution in [0.25, 0.3) is 16.9 Å². The molecule has 2 aromatic carbocycles. The fourth-order valence-electron chi connectivity index (χ4n) is 3.78. The van der Waals surface area contributed by atoms with E-state index in [1.54, 1.807) is 27.0 Å². The Morgan fingerprint density at radius 3 is 2.33 bits per heavy atom. The number of hydrogen-bond donors (Lipinski definition) is 3. The summed E-state index contributed by atoms with van der Waals surface area (Å²) >= 11 is 0.00730. The largest absolute Gasteiger partial charge is 0.373 e. The van der Waals surface area contributed by atoms with Crippen LogP contribution in [0.3, 0.4) is 0 Å². The third-order valence-electron chi connectivity index (χ3n) is 5.99. The van der Waals surface area contributed by atoms with Gasteiger partial charge in [0.05, 0.1) is 0 Å². The first-order valence-electron chi connectivity index (χ1n) is 12.7. The molecule has 0 radical (unpaired) electrons.